The lowest BCUT2D eigenvalue weighted by Crippen LogP contribution is -2.49. The van der Waals surface area contributed by atoms with E-state index in [-0.39, 0.29) is 11.8 Å². The zero-order valence-corrected chi connectivity index (χ0v) is 18.9. The predicted molar refractivity (Wildman–Crippen MR) is 121 cm³/mol. The van der Waals surface area contributed by atoms with Crippen molar-refractivity contribution in [2.45, 2.75) is 51.1 Å². The summed E-state index contributed by atoms with van der Waals surface area (Å²) in [7, 11) is 0. The van der Waals surface area contributed by atoms with Crippen molar-refractivity contribution in [3.8, 4) is 0 Å². The number of halogens is 1. The highest BCUT2D eigenvalue weighted by Gasteiger charge is 2.28. The van der Waals surface area contributed by atoms with Gasteiger partial charge < -0.3 is 10.2 Å². The third kappa shape index (κ3) is 7.41. The molecule has 2 amide bonds. The van der Waals surface area contributed by atoms with Gasteiger partial charge in [-0.1, -0.05) is 48.4 Å². The van der Waals surface area contributed by atoms with Crippen LogP contribution >= 0.6 is 23.4 Å². The van der Waals surface area contributed by atoms with Gasteiger partial charge in [0.1, 0.15) is 6.04 Å². The molecule has 0 bridgehead atoms. The van der Waals surface area contributed by atoms with Crippen molar-refractivity contribution in [2.75, 3.05) is 12.3 Å². The van der Waals surface area contributed by atoms with Crippen molar-refractivity contribution in [3.05, 3.63) is 64.7 Å². The maximum absolute atomic E-state index is 13.1. The van der Waals surface area contributed by atoms with Crippen LogP contribution in [0, 0.1) is 6.92 Å². The normalized spacial score (nSPS) is 11.7. The third-order valence-corrected chi connectivity index (χ3v) is 5.87. The Labute approximate surface area is 183 Å². The first-order chi connectivity index (χ1) is 13.9. The molecule has 0 saturated heterocycles. The highest BCUT2D eigenvalue weighted by atomic mass is 35.5. The van der Waals surface area contributed by atoms with E-state index in [9.17, 15) is 9.59 Å². The molecule has 0 spiro atoms. The van der Waals surface area contributed by atoms with Crippen LogP contribution in [0.15, 0.2) is 53.4 Å². The molecule has 0 aliphatic carbocycles. The average molecular weight is 433 g/mol. The molecule has 0 heterocycles. The van der Waals surface area contributed by atoms with E-state index in [1.807, 2.05) is 26.0 Å². The molecule has 0 aliphatic rings. The van der Waals surface area contributed by atoms with E-state index in [1.165, 1.54) is 5.56 Å². The summed E-state index contributed by atoms with van der Waals surface area (Å²) < 4.78 is 0. The Hall–Kier alpha value is -1.98. The lowest BCUT2D eigenvalue weighted by atomic mass is 10.1. The second-order valence-electron chi connectivity index (χ2n) is 6.88. The number of rotatable bonds is 10. The van der Waals surface area contributed by atoms with Gasteiger partial charge in [-0.25, -0.2) is 0 Å². The lowest BCUT2D eigenvalue weighted by Gasteiger charge is -2.30. The molecule has 0 unspecified atom stereocenters. The molecule has 0 radical (unpaired) electrons. The molecule has 4 nitrogen and oxygen atoms in total. The Kier molecular flexibility index (Phi) is 9.55. The molecule has 2 aromatic carbocycles. The molecule has 0 fully saturated rings. The van der Waals surface area contributed by atoms with Gasteiger partial charge in [0.15, 0.2) is 0 Å². The summed E-state index contributed by atoms with van der Waals surface area (Å²) in [5.41, 5.74) is 2.17. The fraction of sp³-hybridized carbons (Fsp3) is 0.391. The van der Waals surface area contributed by atoms with Crippen LogP contribution in [-0.2, 0) is 16.1 Å². The molecular formula is C23H29ClN2O2S. The van der Waals surface area contributed by atoms with Gasteiger partial charge >= 0.3 is 0 Å². The van der Waals surface area contributed by atoms with E-state index < -0.39 is 6.04 Å². The summed E-state index contributed by atoms with van der Waals surface area (Å²) in [6.07, 6.45) is 0.943. The summed E-state index contributed by atoms with van der Waals surface area (Å²) in [5, 5.41) is 3.50. The molecule has 2 rings (SSSR count). The summed E-state index contributed by atoms with van der Waals surface area (Å²) >= 11 is 7.64. The Balaban J connectivity index is 2.08. The number of thioether (sulfide) groups is 1. The van der Waals surface area contributed by atoms with Gasteiger partial charge in [0.2, 0.25) is 11.8 Å². The number of hydrogen-bond acceptors (Lipinski definition) is 3. The van der Waals surface area contributed by atoms with Crippen LogP contribution in [0.4, 0.5) is 0 Å². The van der Waals surface area contributed by atoms with Gasteiger partial charge in [-0.2, -0.15) is 0 Å². The number of amides is 2. The molecule has 0 aromatic heterocycles. The van der Waals surface area contributed by atoms with Crippen LogP contribution in [0.1, 0.15) is 37.8 Å². The Morgan fingerprint density at radius 1 is 1.07 bits per heavy atom. The van der Waals surface area contributed by atoms with Crippen LogP contribution in [0.5, 0.6) is 0 Å². The van der Waals surface area contributed by atoms with E-state index in [1.54, 1.807) is 28.8 Å². The smallest absolute Gasteiger partial charge is 0.242 e. The summed E-state index contributed by atoms with van der Waals surface area (Å²) in [5.74, 6) is 0.548. The van der Waals surface area contributed by atoms with Gasteiger partial charge in [0, 0.05) is 35.2 Å². The van der Waals surface area contributed by atoms with Gasteiger partial charge in [-0.15, -0.1) is 11.8 Å². The number of likely N-dealkylation sites (N-methyl/N-ethyl adjacent to an activating group) is 1. The van der Waals surface area contributed by atoms with Crippen LogP contribution in [0.2, 0.25) is 5.02 Å². The number of carbonyl (C=O) groups is 2. The van der Waals surface area contributed by atoms with E-state index in [0.717, 1.165) is 10.5 Å². The third-order valence-electron chi connectivity index (χ3n) is 4.61. The van der Waals surface area contributed by atoms with Crippen molar-refractivity contribution in [3.63, 3.8) is 0 Å². The molecule has 156 valence electrons. The van der Waals surface area contributed by atoms with E-state index in [0.29, 0.717) is 36.7 Å². The topological polar surface area (TPSA) is 49.4 Å². The van der Waals surface area contributed by atoms with Crippen molar-refractivity contribution in [1.82, 2.24) is 10.2 Å². The van der Waals surface area contributed by atoms with E-state index >= 15 is 0 Å². The predicted octanol–water partition coefficient (Wildman–Crippen LogP) is 5.07. The van der Waals surface area contributed by atoms with Gasteiger partial charge in [0.05, 0.1) is 0 Å². The van der Waals surface area contributed by atoms with Crippen molar-refractivity contribution in [2.24, 2.45) is 0 Å². The van der Waals surface area contributed by atoms with Crippen molar-refractivity contribution in [1.29, 1.82) is 0 Å². The van der Waals surface area contributed by atoms with Crippen molar-refractivity contribution < 1.29 is 9.59 Å². The molecule has 2 aromatic rings. The highest BCUT2D eigenvalue weighted by molar-refractivity contribution is 7.99. The van der Waals surface area contributed by atoms with E-state index in [4.69, 9.17) is 11.6 Å². The van der Waals surface area contributed by atoms with Crippen LogP contribution in [-0.4, -0.2) is 35.1 Å². The van der Waals surface area contributed by atoms with Crippen LogP contribution in [0.3, 0.4) is 0 Å². The molecule has 6 heteroatoms. The first kappa shape index (κ1) is 23.3. The quantitative estimate of drug-likeness (QED) is 0.533. The number of carbonyl (C=O) groups excluding carboxylic acids is 2. The first-order valence-electron chi connectivity index (χ1n) is 9.95. The Morgan fingerprint density at radius 2 is 1.72 bits per heavy atom. The van der Waals surface area contributed by atoms with E-state index in [2.05, 4.69) is 36.5 Å². The molecule has 0 saturated carbocycles. The minimum Gasteiger partial charge on any atom is -0.355 e. The fourth-order valence-electron chi connectivity index (χ4n) is 3.03. The van der Waals surface area contributed by atoms with Crippen molar-refractivity contribution >= 4 is 35.2 Å². The zero-order chi connectivity index (χ0) is 21.2. The van der Waals surface area contributed by atoms with Gasteiger partial charge in [-0.05, 0) is 50.1 Å². The zero-order valence-electron chi connectivity index (χ0n) is 17.3. The van der Waals surface area contributed by atoms with Crippen LogP contribution < -0.4 is 5.32 Å². The molecule has 29 heavy (non-hydrogen) atoms. The molecular weight excluding hydrogens is 404 g/mol. The second kappa shape index (κ2) is 11.9. The second-order valence-corrected chi connectivity index (χ2v) is 8.48. The maximum atomic E-state index is 13.1. The molecule has 1 N–H and O–H groups in total. The Morgan fingerprint density at radius 3 is 2.31 bits per heavy atom. The number of hydrogen-bond donors (Lipinski definition) is 1. The fourth-order valence-corrected chi connectivity index (χ4v) is 4.00. The number of nitrogens with one attached hydrogen (secondary N) is 1. The average Bonchev–Trinajstić information content (AvgIpc) is 2.71. The monoisotopic (exact) mass is 432 g/mol. The Bertz CT molecular complexity index is 794. The SMILES string of the molecule is CCNC(=O)[C@H](CC)N(Cc1ccc(Cl)cc1)C(=O)CCSc1ccc(C)cc1. The van der Waals surface area contributed by atoms with Gasteiger partial charge in [0.25, 0.3) is 0 Å². The lowest BCUT2D eigenvalue weighted by molar-refractivity contribution is -0.141. The highest BCUT2D eigenvalue weighted by Crippen LogP contribution is 2.21. The van der Waals surface area contributed by atoms with Gasteiger partial charge in [-0.3, -0.25) is 9.59 Å². The minimum atomic E-state index is -0.484. The van der Waals surface area contributed by atoms with Crippen LogP contribution in [0.25, 0.3) is 0 Å². The summed E-state index contributed by atoms with van der Waals surface area (Å²) in [4.78, 5) is 28.5. The molecule has 0 aliphatic heterocycles. The molecule has 1 atom stereocenters. The number of nitrogens with zero attached hydrogens (tertiary/aromatic N) is 1. The summed E-state index contributed by atoms with van der Waals surface area (Å²) in [6.45, 7) is 6.80. The maximum Gasteiger partial charge on any atom is 0.242 e. The summed E-state index contributed by atoms with van der Waals surface area (Å²) in [6, 6.07) is 15.2. The largest absolute Gasteiger partial charge is 0.355 e. The standard InChI is InChI=1S/C23H29ClN2O2S/c1-4-21(23(28)25-5-2)26(16-18-8-10-19(24)11-9-18)22(27)14-15-29-20-12-6-17(3)7-13-20/h6-13,21H,4-5,14-16H2,1-3H3,(H,25,28)/t21-/m0/s1. The number of aryl methyl sites for hydroxylation is 1. The number of benzene rings is 2. The minimum absolute atomic E-state index is 0.0161. The first-order valence-corrected chi connectivity index (χ1v) is 11.3.